The molecule has 4 heterocycles. The van der Waals surface area contributed by atoms with Crippen LogP contribution in [-0.4, -0.2) is 116 Å². The van der Waals surface area contributed by atoms with E-state index in [-0.39, 0.29) is 96.9 Å². The molecule has 0 aromatic rings. The topological polar surface area (TPSA) is 163 Å². The van der Waals surface area contributed by atoms with Crippen LogP contribution in [0.15, 0.2) is 0 Å². The molecule has 5 aliphatic rings. The third-order valence-electron chi connectivity index (χ3n) is 10.8. The first kappa shape index (κ1) is 35.3. The summed E-state index contributed by atoms with van der Waals surface area (Å²) in [6, 6.07) is 0.372. The lowest BCUT2D eigenvalue weighted by molar-refractivity contribution is -0.141. The zero-order chi connectivity index (χ0) is 34.0. The summed E-state index contributed by atoms with van der Waals surface area (Å²) in [7, 11) is 0. The summed E-state index contributed by atoms with van der Waals surface area (Å²) in [5, 5.41) is 35.8. The molecule has 46 heavy (non-hydrogen) atoms. The SMILES string of the molecule is CC1(C)CC(NCC(O)CN2C(=O)C3CC4C(=O)N(CC(O)CNC5CC(C)(C)NC(C)(C)C5)C(=O)C4CC3C2=O)CC(C)(C)N1. The van der Waals surface area contributed by atoms with Gasteiger partial charge in [-0.15, -0.1) is 0 Å². The Morgan fingerprint density at radius 1 is 0.587 bits per heavy atom. The number of aliphatic hydroxyl groups is 2. The number of piperidine rings is 2. The van der Waals surface area contributed by atoms with Gasteiger partial charge in [-0.2, -0.15) is 0 Å². The van der Waals surface area contributed by atoms with Crippen molar-refractivity contribution in [2.45, 2.75) is 140 Å². The van der Waals surface area contributed by atoms with Gasteiger partial charge in [0, 0.05) is 47.3 Å². The molecule has 0 aromatic heterocycles. The van der Waals surface area contributed by atoms with Gasteiger partial charge in [0.1, 0.15) is 0 Å². The van der Waals surface area contributed by atoms with Crippen molar-refractivity contribution in [1.82, 2.24) is 31.1 Å². The number of hydrogen-bond donors (Lipinski definition) is 6. The lowest BCUT2D eigenvalue weighted by Gasteiger charge is -2.47. The first-order valence-corrected chi connectivity index (χ1v) is 17.3. The van der Waals surface area contributed by atoms with E-state index in [9.17, 15) is 29.4 Å². The van der Waals surface area contributed by atoms with Crippen LogP contribution < -0.4 is 21.3 Å². The number of nitrogens with one attached hydrogen (secondary N) is 4. The normalized spacial score (nSPS) is 33.7. The molecule has 4 amide bonds. The molecule has 6 atom stereocenters. The minimum atomic E-state index is -0.926. The number of nitrogens with zero attached hydrogens (tertiary/aromatic N) is 2. The maximum Gasteiger partial charge on any atom is 0.233 e. The van der Waals surface area contributed by atoms with Gasteiger partial charge >= 0.3 is 0 Å². The second-order valence-corrected chi connectivity index (χ2v) is 17.6. The van der Waals surface area contributed by atoms with Crippen molar-refractivity contribution in [3.63, 3.8) is 0 Å². The highest BCUT2D eigenvalue weighted by Gasteiger charge is 2.59. The molecule has 0 spiro atoms. The molecule has 5 fully saturated rings. The van der Waals surface area contributed by atoms with Crippen molar-refractivity contribution in [3.05, 3.63) is 0 Å². The molecule has 4 aliphatic heterocycles. The van der Waals surface area contributed by atoms with Gasteiger partial charge < -0.3 is 31.5 Å². The molecular weight excluding hydrogens is 588 g/mol. The summed E-state index contributed by atoms with van der Waals surface area (Å²) in [6.07, 6.45) is 1.97. The Hall–Kier alpha value is -1.96. The minimum Gasteiger partial charge on any atom is -0.390 e. The highest BCUT2D eigenvalue weighted by molar-refractivity contribution is 6.09. The van der Waals surface area contributed by atoms with Gasteiger partial charge in [0.25, 0.3) is 0 Å². The fraction of sp³-hybridized carbons (Fsp3) is 0.882. The lowest BCUT2D eigenvalue weighted by Crippen LogP contribution is -2.62. The van der Waals surface area contributed by atoms with Gasteiger partial charge in [-0.25, -0.2) is 0 Å². The summed E-state index contributed by atoms with van der Waals surface area (Å²) in [6.45, 7) is 17.5. The summed E-state index contributed by atoms with van der Waals surface area (Å²) >= 11 is 0. The van der Waals surface area contributed by atoms with E-state index in [1.807, 2.05) is 0 Å². The standard InChI is InChI=1S/C34H58N6O6/c1-31(2)11-19(12-32(3,4)37-31)35-15-21(41)17-39-27(43)23-9-25-26(10-24(23)28(39)44)30(46)40(29(25)45)18-22(42)16-36-20-13-33(5,6)38-34(7,8)14-20/h19-26,35-38,41-42H,9-18H2,1-8H3. The lowest BCUT2D eigenvalue weighted by atomic mass is 9.70. The number of hydrogen-bond acceptors (Lipinski definition) is 10. The van der Waals surface area contributed by atoms with E-state index in [1.54, 1.807) is 0 Å². The summed E-state index contributed by atoms with van der Waals surface area (Å²) in [5.74, 6) is -4.16. The number of likely N-dealkylation sites (tertiary alicyclic amines) is 2. The molecule has 12 nitrogen and oxygen atoms in total. The molecule has 0 radical (unpaired) electrons. The van der Waals surface area contributed by atoms with Gasteiger partial charge in [-0.3, -0.25) is 29.0 Å². The molecule has 5 rings (SSSR count). The van der Waals surface area contributed by atoms with Crippen LogP contribution in [0.2, 0.25) is 0 Å². The van der Waals surface area contributed by atoms with E-state index in [0.29, 0.717) is 0 Å². The van der Waals surface area contributed by atoms with E-state index in [1.165, 1.54) is 0 Å². The zero-order valence-electron chi connectivity index (χ0n) is 29.1. The molecule has 260 valence electrons. The Bertz CT molecular complexity index is 1050. The third kappa shape index (κ3) is 7.68. The van der Waals surface area contributed by atoms with E-state index in [2.05, 4.69) is 76.7 Å². The number of aliphatic hydroxyl groups excluding tert-OH is 2. The predicted octanol–water partition coefficient (Wildman–Crippen LogP) is 0.502. The maximum atomic E-state index is 13.4. The second kappa shape index (κ2) is 12.5. The van der Waals surface area contributed by atoms with Crippen LogP contribution in [-0.2, 0) is 19.2 Å². The molecule has 12 heteroatoms. The molecule has 1 saturated carbocycles. The van der Waals surface area contributed by atoms with Gasteiger partial charge in [-0.1, -0.05) is 0 Å². The zero-order valence-corrected chi connectivity index (χ0v) is 29.1. The minimum absolute atomic E-state index is 0.0554. The fourth-order valence-electron chi connectivity index (χ4n) is 9.76. The van der Waals surface area contributed by atoms with Gasteiger partial charge in [0.2, 0.25) is 23.6 Å². The Labute approximate surface area is 274 Å². The first-order chi connectivity index (χ1) is 21.2. The number of imide groups is 2. The molecule has 0 aromatic carbocycles. The van der Waals surface area contributed by atoms with E-state index >= 15 is 0 Å². The smallest absolute Gasteiger partial charge is 0.233 e. The van der Waals surface area contributed by atoms with E-state index in [4.69, 9.17) is 0 Å². The summed E-state index contributed by atoms with van der Waals surface area (Å²) < 4.78 is 0. The second-order valence-electron chi connectivity index (χ2n) is 17.6. The summed E-state index contributed by atoms with van der Waals surface area (Å²) in [5.41, 5.74) is -0.221. The van der Waals surface area contributed by atoms with Crippen LogP contribution in [0.5, 0.6) is 0 Å². The van der Waals surface area contributed by atoms with Crippen molar-refractivity contribution in [2.24, 2.45) is 23.7 Å². The van der Waals surface area contributed by atoms with Crippen LogP contribution in [0.4, 0.5) is 0 Å². The molecule has 0 bridgehead atoms. The third-order valence-corrected chi connectivity index (χ3v) is 10.8. The Morgan fingerprint density at radius 2 is 0.848 bits per heavy atom. The number of β-amino-alcohol motifs (C(OH)–C–C–N with tert-alkyl or cyclic N) is 2. The van der Waals surface area contributed by atoms with Gasteiger partial charge in [-0.05, 0) is 93.9 Å². The van der Waals surface area contributed by atoms with E-state index < -0.39 is 35.9 Å². The molecule has 1 aliphatic carbocycles. The Kier molecular flexibility index (Phi) is 9.60. The van der Waals surface area contributed by atoms with Crippen molar-refractivity contribution >= 4 is 23.6 Å². The highest BCUT2D eigenvalue weighted by Crippen LogP contribution is 2.47. The van der Waals surface area contributed by atoms with Gasteiger partial charge in [0.05, 0.1) is 49.0 Å². The number of rotatable bonds is 10. The molecule has 4 saturated heterocycles. The quantitative estimate of drug-likeness (QED) is 0.184. The van der Waals surface area contributed by atoms with Crippen LogP contribution in [0.25, 0.3) is 0 Å². The first-order valence-electron chi connectivity index (χ1n) is 17.3. The van der Waals surface area contributed by atoms with Crippen molar-refractivity contribution in [3.8, 4) is 0 Å². The van der Waals surface area contributed by atoms with Crippen molar-refractivity contribution in [1.29, 1.82) is 0 Å². The Balaban J connectivity index is 1.13. The monoisotopic (exact) mass is 646 g/mol. The Morgan fingerprint density at radius 3 is 1.11 bits per heavy atom. The predicted molar refractivity (Wildman–Crippen MR) is 173 cm³/mol. The summed E-state index contributed by atoms with van der Waals surface area (Å²) in [4.78, 5) is 56.0. The van der Waals surface area contributed by atoms with Crippen LogP contribution in [0.3, 0.4) is 0 Å². The molecule has 6 N–H and O–H groups in total. The van der Waals surface area contributed by atoms with Crippen molar-refractivity contribution in [2.75, 3.05) is 26.2 Å². The average molecular weight is 647 g/mol. The number of carbonyl (C=O) groups is 4. The molecule has 6 unspecified atom stereocenters. The number of amides is 4. The number of carbonyl (C=O) groups excluding carboxylic acids is 4. The average Bonchev–Trinajstić information content (AvgIpc) is 3.26. The molecular formula is C34H58N6O6. The maximum absolute atomic E-state index is 13.4. The van der Waals surface area contributed by atoms with Crippen molar-refractivity contribution < 1.29 is 29.4 Å². The van der Waals surface area contributed by atoms with Crippen LogP contribution >= 0.6 is 0 Å². The number of fused-ring (bicyclic) bond motifs is 2. The highest BCUT2D eigenvalue weighted by atomic mass is 16.3. The fourth-order valence-corrected chi connectivity index (χ4v) is 9.76. The largest absolute Gasteiger partial charge is 0.390 e. The van der Waals surface area contributed by atoms with Crippen LogP contribution in [0.1, 0.15) is 93.9 Å². The van der Waals surface area contributed by atoms with Crippen LogP contribution in [0, 0.1) is 23.7 Å². The van der Waals surface area contributed by atoms with Gasteiger partial charge in [0.15, 0.2) is 0 Å². The van der Waals surface area contributed by atoms with E-state index in [0.717, 1.165) is 35.5 Å².